The van der Waals surface area contributed by atoms with E-state index >= 15 is 0 Å². The highest BCUT2D eigenvalue weighted by Gasteiger charge is 2.58. The Morgan fingerprint density at radius 1 is 0.702 bits per heavy atom. The zero-order chi connectivity index (χ0) is 42.7. The van der Waals surface area contributed by atoms with Gasteiger partial charge in [0.2, 0.25) is 11.8 Å². The number of carboxylic acid groups (broad SMARTS) is 1. The minimum atomic E-state index is -2.98. The maximum absolute atomic E-state index is 12.8. The van der Waals surface area contributed by atoms with Gasteiger partial charge in [0.1, 0.15) is 91.5 Å². The van der Waals surface area contributed by atoms with E-state index in [-0.39, 0.29) is 0 Å². The van der Waals surface area contributed by atoms with Gasteiger partial charge in [-0.2, -0.15) is 0 Å². The van der Waals surface area contributed by atoms with E-state index in [9.17, 15) is 85.9 Å². The summed E-state index contributed by atoms with van der Waals surface area (Å²) in [4.78, 5) is 37.2. The quantitative estimate of drug-likeness (QED) is 0.0728. The number of aliphatic hydroxyl groups excluding tert-OH is 13. The molecule has 0 spiro atoms. The lowest BCUT2D eigenvalue weighted by atomic mass is 9.88. The van der Waals surface area contributed by atoms with Crippen LogP contribution in [0.15, 0.2) is 0 Å². The van der Waals surface area contributed by atoms with Gasteiger partial charge in [-0.05, 0) is 0 Å². The van der Waals surface area contributed by atoms with Crippen LogP contribution >= 0.6 is 0 Å². The lowest BCUT2D eigenvalue weighted by molar-refractivity contribution is -0.370. The zero-order valence-corrected chi connectivity index (χ0v) is 30.4. The molecule has 26 heteroatoms. The van der Waals surface area contributed by atoms with Gasteiger partial charge in [0.05, 0.1) is 38.6 Å². The van der Waals surface area contributed by atoms with E-state index in [1.165, 1.54) is 0 Å². The number of carboxylic acids is 1. The summed E-state index contributed by atoms with van der Waals surface area (Å²) in [6, 6.07) is -3.35. The van der Waals surface area contributed by atoms with Crippen molar-refractivity contribution >= 4 is 17.8 Å². The molecule has 0 aromatic rings. The average molecular weight is 837 g/mol. The summed E-state index contributed by atoms with van der Waals surface area (Å²) >= 11 is 0. The van der Waals surface area contributed by atoms with Crippen molar-refractivity contribution in [1.29, 1.82) is 0 Å². The molecule has 0 saturated carbocycles. The number of nitrogens with one attached hydrogen (secondary N) is 2. The molecule has 0 aromatic heterocycles. The van der Waals surface area contributed by atoms with Crippen LogP contribution < -0.4 is 10.6 Å². The van der Waals surface area contributed by atoms with Crippen molar-refractivity contribution in [2.75, 3.05) is 26.4 Å². The number of amides is 2. The molecule has 4 heterocycles. The molecule has 0 bridgehead atoms. The summed E-state index contributed by atoms with van der Waals surface area (Å²) in [5.41, 5.74) is 0. The smallest absolute Gasteiger partial charge is 0.364 e. The first-order valence-corrected chi connectivity index (χ1v) is 17.7. The van der Waals surface area contributed by atoms with Crippen molar-refractivity contribution in [2.24, 2.45) is 0 Å². The molecule has 57 heavy (non-hydrogen) atoms. The van der Waals surface area contributed by atoms with Gasteiger partial charge in [-0.25, -0.2) is 4.79 Å². The van der Waals surface area contributed by atoms with Gasteiger partial charge in [-0.1, -0.05) is 0 Å². The Labute approximate surface area is 322 Å². The lowest BCUT2D eigenvalue weighted by Gasteiger charge is -2.50. The summed E-state index contributed by atoms with van der Waals surface area (Å²) < 4.78 is 39.1. The first-order valence-electron chi connectivity index (χ1n) is 17.7. The number of carbonyl (C=O) groups excluding carboxylic acids is 2. The molecule has 4 aliphatic heterocycles. The molecule has 4 fully saturated rings. The predicted molar refractivity (Wildman–Crippen MR) is 174 cm³/mol. The Kier molecular flexibility index (Phi) is 16.4. The Balaban J connectivity index is 1.73. The van der Waals surface area contributed by atoms with Crippen LogP contribution in [0, 0.1) is 0 Å². The van der Waals surface area contributed by atoms with Crippen molar-refractivity contribution in [3.05, 3.63) is 0 Å². The second-order valence-corrected chi connectivity index (χ2v) is 14.1. The minimum absolute atomic E-state index is 0.774. The van der Waals surface area contributed by atoms with Crippen LogP contribution in [0.5, 0.6) is 0 Å². The molecule has 26 nitrogen and oxygen atoms in total. The number of carbonyl (C=O) groups is 3. The summed E-state index contributed by atoms with van der Waals surface area (Å²) in [6.45, 7) is -2.00. The first-order chi connectivity index (χ1) is 26.7. The molecule has 21 atom stereocenters. The fraction of sp³-hybridized carbons (Fsp3) is 0.903. The molecular formula is C31H52N2O24. The maximum atomic E-state index is 12.8. The molecule has 4 rings (SSSR count). The lowest BCUT2D eigenvalue weighted by Crippen LogP contribution is -2.70. The van der Waals surface area contributed by atoms with Gasteiger partial charge in [0.25, 0.3) is 5.79 Å². The Hall–Kier alpha value is -2.39. The third-order valence-electron chi connectivity index (χ3n) is 9.98. The van der Waals surface area contributed by atoms with Gasteiger partial charge in [0.15, 0.2) is 18.9 Å². The zero-order valence-electron chi connectivity index (χ0n) is 30.4. The molecule has 12 unspecified atom stereocenters. The van der Waals surface area contributed by atoms with Crippen LogP contribution in [0.3, 0.4) is 0 Å². The van der Waals surface area contributed by atoms with Crippen molar-refractivity contribution in [1.82, 2.24) is 10.6 Å². The molecule has 4 aliphatic rings. The number of ether oxygens (including phenoxy) is 7. The van der Waals surface area contributed by atoms with Crippen molar-refractivity contribution in [2.45, 2.75) is 149 Å². The number of aliphatic hydroxyl groups is 13. The van der Waals surface area contributed by atoms with Crippen LogP contribution in [-0.2, 0) is 47.5 Å². The summed E-state index contributed by atoms with van der Waals surface area (Å²) in [6.07, 6.45) is -36.0. The average Bonchev–Trinajstić information content (AvgIpc) is 3.16. The standard InChI is InChI=1S/C31H52N2O24/c1-8(37)32-15-10(39)3-31(30(49)50,57-25(15)17(41)11(40)4-34)51-7-14-20(44)24(55-29-22(46)21(45)18(42)12(5-35)53-29)16(33-9(2)38)28(54-14)56-26-19(43)13(6-36)52-27(48)23(26)47/h10-29,34-36,39-48H,3-7H2,1-2H3,(H,32,37)(H,33,38)(H,49,50)/t10?,11-,12?,13?,14?,15?,16?,17-,18+,19+,20-,21?,22?,23?,24?,25?,26?,27-,28+,29+,31-/m1/s1. The summed E-state index contributed by atoms with van der Waals surface area (Å²) in [5, 5.41) is 151. The fourth-order valence-corrected chi connectivity index (χ4v) is 6.93. The molecule has 4 saturated heterocycles. The normalized spacial score (nSPS) is 45.1. The van der Waals surface area contributed by atoms with E-state index < -0.39 is 179 Å². The van der Waals surface area contributed by atoms with E-state index in [0.29, 0.717) is 0 Å². The third kappa shape index (κ3) is 10.3. The predicted octanol–water partition coefficient (Wildman–Crippen LogP) is -10.3. The monoisotopic (exact) mass is 836 g/mol. The van der Waals surface area contributed by atoms with Crippen LogP contribution in [0.4, 0.5) is 0 Å². The van der Waals surface area contributed by atoms with E-state index in [2.05, 4.69) is 10.6 Å². The Morgan fingerprint density at radius 2 is 1.25 bits per heavy atom. The van der Waals surface area contributed by atoms with E-state index in [1.807, 2.05) is 0 Å². The van der Waals surface area contributed by atoms with Crippen LogP contribution in [-0.4, -0.2) is 244 Å². The molecule has 330 valence electrons. The molecule has 16 N–H and O–H groups in total. The van der Waals surface area contributed by atoms with Crippen molar-refractivity contribution in [3.63, 3.8) is 0 Å². The van der Waals surface area contributed by atoms with Gasteiger partial charge in [0, 0.05) is 20.3 Å². The molecule has 0 radical (unpaired) electrons. The van der Waals surface area contributed by atoms with E-state index in [0.717, 1.165) is 13.8 Å². The van der Waals surface area contributed by atoms with E-state index in [4.69, 9.17) is 33.2 Å². The van der Waals surface area contributed by atoms with Gasteiger partial charge in [-0.15, -0.1) is 0 Å². The fourth-order valence-electron chi connectivity index (χ4n) is 6.93. The minimum Gasteiger partial charge on any atom is -0.477 e. The highest BCUT2D eigenvalue weighted by molar-refractivity contribution is 5.76. The third-order valence-corrected chi connectivity index (χ3v) is 9.98. The number of rotatable bonds is 15. The van der Waals surface area contributed by atoms with Gasteiger partial charge >= 0.3 is 5.97 Å². The van der Waals surface area contributed by atoms with E-state index in [1.54, 1.807) is 0 Å². The number of hydrogen-bond acceptors (Lipinski definition) is 23. The number of aliphatic carboxylic acids is 1. The molecule has 0 aromatic carbocycles. The van der Waals surface area contributed by atoms with Crippen LogP contribution in [0.25, 0.3) is 0 Å². The first kappa shape index (κ1) is 47.3. The summed E-state index contributed by atoms with van der Waals surface area (Å²) in [5.74, 6) is -6.58. The highest BCUT2D eigenvalue weighted by Crippen LogP contribution is 2.37. The molecule has 0 aliphatic carbocycles. The largest absolute Gasteiger partial charge is 0.477 e. The van der Waals surface area contributed by atoms with Crippen LogP contribution in [0.1, 0.15) is 20.3 Å². The number of hydrogen-bond donors (Lipinski definition) is 16. The van der Waals surface area contributed by atoms with Gasteiger partial charge < -0.3 is 115 Å². The SMILES string of the molecule is CC(=O)NC1C(O)C[C@](OCC2O[C@@H](OC3C(O)[C@H](O)OC(CO)[C@@H]3O)C(NC(C)=O)C(O[C@@H]3OC(CO)[C@H](O)C(O)C3O)[C@@H]2O)(C(=O)O)OC1[C@H](O)[C@H](O)CO. The molecule has 2 amide bonds. The second-order valence-electron chi connectivity index (χ2n) is 14.1. The highest BCUT2D eigenvalue weighted by atomic mass is 16.8. The van der Waals surface area contributed by atoms with Crippen LogP contribution in [0.2, 0.25) is 0 Å². The second kappa shape index (κ2) is 19.8. The van der Waals surface area contributed by atoms with Crippen molar-refractivity contribution in [3.8, 4) is 0 Å². The summed E-state index contributed by atoms with van der Waals surface area (Å²) in [7, 11) is 0. The van der Waals surface area contributed by atoms with Crippen molar-refractivity contribution < 1.29 is 119 Å². The van der Waals surface area contributed by atoms with Gasteiger partial charge in [-0.3, -0.25) is 9.59 Å². The Morgan fingerprint density at radius 3 is 1.81 bits per heavy atom. The molecular weight excluding hydrogens is 784 g/mol. The topological polar surface area (TPSA) is 423 Å². The maximum Gasteiger partial charge on any atom is 0.364 e. The Bertz CT molecular complexity index is 1350.